The highest BCUT2D eigenvalue weighted by Gasteiger charge is 2.23. The second kappa shape index (κ2) is 4.81. The van der Waals surface area contributed by atoms with Gasteiger partial charge < -0.3 is 16.0 Å². The number of hydrogen-bond donors (Lipinski definition) is 2. The molecule has 4 rings (SSSR count). The number of nitrogens with one attached hydrogen (secondary N) is 1. The van der Waals surface area contributed by atoms with Crippen LogP contribution in [0.15, 0.2) is 66.7 Å². The Balaban J connectivity index is 1.99. The average Bonchev–Trinajstić information content (AvgIpc) is 2.54. The van der Waals surface area contributed by atoms with Crippen LogP contribution in [0.5, 0.6) is 0 Å². The van der Waals surface area contributed by atoms with Crippen LogP contribution in [0.4, 0.5) is 34.1 Å². The molecule has 3 aromatic rings. The fourth-order valence-corrected chi connectivity index (χ4v) is 2.90. The first-order valence-corrected chi connectivity index (χ1v) is 7.35. The molecule has 3 heteroatoms. The van der Waals surface area contributed by atoms with Crippen LogP contribution in [0.3, 0.4) is 0 Å². The van der Waals surface area contributed by atoms with Crippen molar-refractivity contribution in [2.45, 2.75) is 6.92 Å². The lowest BCUT2D eigenvalue weighted by atomic mass is 10.1. The van der Waals surface area contributed by atoms with E-state index in [0.717, 1.165) is 34.1 Å². The van der Waals surface area contributed by atoms with E-state index in [0.29, 0.717) is 0 Å². The smallest absolute Gasteiger partial charge is 0.0718 e. The van der Waals surface area contributed by atoms with Gasteiger partial charge in [0.05, 0.1) is 22.7 Å². The molecule has 1 heterocycles. The molecule has 1 aliphatic rings. The third-order valence-corrected chi connectivity index (χ3v) is 3.94. The molecule has 0 aromatic heterocycles. The first-order chi connectivity index (χ1) is 10.7. The predicted molar refractivity (Wildman–Crippen MR) is 93.6 cm³/mol. The van der Waals surface area contributed by atoms with Gasteiger partial charge in [-0.3, -0.25) is 0 Å². The van der Waals surface area contributed by atoms with Crippen molar-refractivity contribution in [3.05, 3.63) is 72.3 Å². The Labute approximate surface area is 130 Å². The minimum atomic E-state index is 0.762. The van der Waals surface area contributed by atoms with Crippen LogP contribution >= 0.6 is 0 Å². The lowest BCUT2D eigenvalue weighted by molar-refractivity contribution is 1.24. The highest BCUT2D eigenvalue weighted by molar-refractivity contribution is 5.97. The molecule has 0 fully saturated rings. The van der Waals surface area contributed by atoms with Gasteiger partial charge >= 0.3 is 0 Å². The van der Waals surface area contributed by atoms with E-state index in [1.165, 1.54) is 5.56 Å². The Kier molecular flexibility index (Phi) is 2.79. The fraction of sp³-hybridized carbons (Fsp3) is 0.0526. The summed E-state index contributed by atoms with van der Waals surface area (Å²) in [6.07, 6.45) is 0. The zero-order valence-corrected chi connectivity index (χ0v) is 12.4. The average molecular weight is 287 g/mol. The predicted octanol–water partition coefficient (Wildman–Crippen LogP) is 5.10. The zero-order chi connectivity index (χ0) is 15.1. The summed E-state index contributed by atoms with van der Waals surface area (Å²) in [5.74, 6) is 0. The lowest BCUT2D eigenvalue weighted by Crippen LogP contribution is -2.18. The van der Waals surface area contributed by atoms with Crippen LogP contribution < -0.4 is 16.0 Å². The Morgan fingerprint density at radius 1 is 0.818 bits per heavy atom. The lowest BCUT2D eigenvalue weighted by Gasteiger charge is -2.34. The second-order valence-corrected chi connectivity index (χ2v) is 5.59. The van der Waals surface area contributed by atoms with Crippen LogP contribution in [0.2, 0.25) is 0 Å². The van der Waals surface area contributed by atoms with Crippen molar-refractivity contribution >= 4 is 34.1 Å². The van der Waals surface area contributed by atoms with E-state index in [2.05, 4.69) is 59.6 Å². The van der Waals surface area contributed by atoms with Crippen molar-refractivity contribution in [3.63, 3.8) is 0 Å². The van der Waals surface area contributed by atoms with Gasteiger partial charge in [-0.1, -0.05) is 24.3 Å². The van der Waals surface area contributed by atoms with Gasteiger partial charge in [-0.05, 0) is 55.0 Å². The summed E-state index contributed by atoms with van der Waals surface area (Å²) >= 11 is 0. The summed E-state index contributed by atoms with van der Waals surface area (Å²) in [6.45, 7) is 2.11. The van der Waals surface area contributed by atoms with Crippen molar-refractivity contribution in [3.8, 4) is 0 Å². The van der Waals surface area contributed by atoms with Gasteiger partial charge in [-0.25, -0.2) is 0 Å². The van der Waals surface area contributed by atoms with Crippen molar-refractivity contribution in [2.75, 3.05) is 16.0 Å². The van der Waals surface area contributed by atoms with Crippen LogP contribution in [-0.2, 0) is 0 Å². The van der Waals surface area contributed by atoms with Crippen molar-refractivity contribution < 1.29 is 0 Å². The number of rotatable bonds is 1. The van der Waals surface area contributed by atoms with E-state index < -0.39 is 0 Å². The quantitative estimate of drug-likeness (QED) is 0.478. The number of nitrogens with two attached hydrogens (primary N) is 1. The van der Waals surface area contributed by atoms with Crippen molar-refractivity contribution in [1.29, 1.82) is 0 Å². The highest BCUT2D eigenvalue weighted by atomic mass is 15.2. The van der Waals surface area contributed by atoms with Crippen LogP contribution in [0.1, 0.15) is 5.56 Å². The summed E-state index contributed by atoms with van der Waals surface area (Å²) in [7, 11) is 0. The maximum atomic E-state index is 6.02. The number of anilines is 6. The first kappa shape index (κ1) is 12.8. The standard InChI is InChI=1S/C19H17N3/c1-13-7-9-16-18(11-13)22(15-5-3-2-4-6-15)19-12-14(20)8-10-17(19)21-16/h2-12,21H,20H2,1H3. The van der Waals surface area contributed by atoms with E-state index in [1.807, 2.05) is 24.3 Å². The first-order valence-electron chi connectivity index (χ1n) is 7.35. The summed E-state index contributed by atoms with van der Waals surface area (Å²) in [4.78, 5) is 2.25. The van der Waals surface area contributed by atoms with Gasteiger partial charge in [0, 0.05) is 11.4 Å². The molecule has 0 atom stereocenters. The summed E-state index contributed by atoms with van der Waals surface area (Å²) in [5.41, 5.74) is 13.5. The molecule has 3 N–H and O–H groups in total. The number of aryl methyl sites for hydroxylation is 1. The third kappa shape index (κ3) is 1.99. The molecule has 0 unspecified atom stereocenters. The number of para-hydroxylation sites is 1. The molecule has 108 valence electrons. The number of nitrogen functional groups attached to an aromatic ring is 1. The maximum Gasteiger partial charge on any atom is 0.0718 e. The SMILES string of the molecule is Cc1ccc2c(c1)N(c1ccccc1)c1cc(N)ccc1N2. The third-order valence-electron chi connectivity index (χ3n) is 3.94. The molecule has 0 saturated heterocycles. The summed E-state index contributed by atoms with van der Waals surface area (Å²) < 4.78 is 0. The Bertz CT molecular complexity index is 789. The van der Waals surface area contributed by atoms with Gasteiger partial charge in [-0.2, -0.15) is 0 Å². The highest BCUT2D eigenvalue weighted by Crippen LogP contribution is 2.48. The molecule has 0 aliphatic carbocycles. The molecule has 3 aromatic carbocycles. The molecule has 0 radical (unpaired) electrons. The normalized spacial score (nSPS) is 12.3. The van der Waals surface area contributed by atoms with Crippen LogP contribution in [0.25, 0.3) is 0 Å². The molecular weight excluding hydrogens is 270 g/mol. The van der Waals surface area contributed by atoms with E-state index in [4.69, 9.17) is 5.73 Å². The molecule has 0 saturated carbocycles. The Morgan fingerprint density at radius 3 is 2.27 bits per heavy atom. The van der Waals surface area contributed by atoms with Gasteiger partial charge in [0.15, 0.2) is 0 Å². The molecule has 1 aliphatic heterocycles. The monoisotopic (exact) mass is 287 g/mol. The number of benzene rings is 3. The maximum absolute atomic E-state index is 6.02. The Morgan fingerprint density at radius 2 is 1.50 bits per heavy atom. The van der Waals surface area contributed by atoms with Crippen molar-refractivity contribution in [1.82, 2.24) is 0 Å². The van der Waals surface area contributed by atoms with Gasteiger partial charge in [0.1, 0.15) is 0 Å². The summed E-state index contributed by atoms with van der Waals surface area (Å²) in [6, 6.07) is 22.8. The van der Waals surface area contributed by atoms with Crippen LogP contribution in [-0.4, -0.2) is 0 Å². The van der Waals surface area contributed by atoms with Crippen molar-refractivity contribution in [2.24, 2.45) is 0 Å². The number of nitrogens with zero attached hydrogens (tertiary/aromatic N) is 1. The zero-order valence-electron chi connectivity index (χ0n) is 12.4. The number of fused-ring (bicyclic) bond motifs is 2. The Hall–Kier alpha value is -2.94. The second-order valence-electron chi connectivity index (χ2n) is 5.59. The van der Waals surface area contributed by atoms with E-state index in [-0.39, 0.29) is 0 Å². The molecule has 22 heavy (non-hydrogen) atoms. The topological polar surface area (TPSA) is 41.3 Å². The fourth-order valence-electron chi connectivity index (χ4n) is 2.90. The molecule has 3 nitrogen and oxygen atoms in total. The molecular formula is C19H17N3. The number of hydrogen-bond acceptors (Lipinski definition) is 3. The molecule has 0 bridgehead atoms. The van der Waals surface area contributed by atoms with Gasteiger partial charge in [-0.15, -0.1) is 0 Å². The minimum Gasteiger partial charge on any atom is -0.399 e. The molecule has 0 amide bonds. The summed E-state index contributed by atoms with van der Waals surface area (Å²) in [5, 5.41) is 3.50. The van der Waals surface area contributed by atoms with E-state index in [9.17, 15) is 0 Å². The molecule has 0 spiro atoms. The minimum absolute atomic E-state index is 0.762. The largest absolute Gasteiger partial charge is 0.399 e. The van der Waals surface area contributed by atoms with Gasteiger partial charge in [0.25, 0.3) is 0 Å². The van der Waals surface area contributed by atoms with E-state index in [1.54, 1.807) is 0 Å². The van der Waals surface area contributed by atoms with Gasteiger partial charge in [0.2, 0.25) is 0 Å². The van der Waals surface area contributed by atoms with Crippen LogP contribution in [0, 0.1) is 6.92 Å². The van der Waals surface area contributed by atoms with E-state index >= 15 is 0 Å².